The monoisotopic (exact) mass is 555 g/mol. The number of carbonyl (C=O) groups is 2. The maximum absolute atomic E-state index is 14.0. The zero-order chi connectivity index (χ0) is 28.6. The van der Waals surface area contributed by atoms with Crippen LogP contribution in [0.15, 0.2) is 77.7 Å². The zero-order valence-electron chi connectivity index (χ0n) is 22.6. The normalized spacial score (nSPS) is 11.9. The van der Waals surface area contributed by atoms with Gasteiger partial charge < -0.3 is 15.0 Å². The molecule has 2 amide bonds. The Balaban J connectivity index is 2.10. The van der Waals surface area contributed by atoms with Crippen LogP contribution in [0.1, 0.15) is 31.4 Å². The molecule has 208 valence electrons. The SMILES string of the molecule is CCOc1ccccc1N(CC(=O)N(Cc1ccc(F)cc1)C(CC)C(=O)NC)S(=O)(=O)c1ccc(C)cc1. The Morgan fingerprint density at radius 3 is 2.21 bits per heavy atom. The smallest absolute Gasteiger partial charge is 0.264 e. The third kappa shape index (κ3) is 7.14. The van der Waals surface area contributed by atoms with Crippen LogP contribution in [-0.2, 0) is 26.2 Å². The molecular formula is C29H34FN3O5S. The number of sulfonamides is 1. The molecule has 3 aromatic carbocycles. The second-order valence-electron chi connectivity index (χ2n) is 8.91. The highest BCUT2D eigenvalue weighted by atomic mass is 32.2. The van der Waals surface area contributed by atoms with E-state index in [1.807, 2.05) is 6.92 Å². The van der Waals surface area contributed by atoms with Crippen LogP contribution in [0.25, 0.3) is 0 Å². The average Bonchev–Trinajstić information content (AvgIpc) is 2.93. The number of anilines is 1. The van der Waals surface area contributed by atoms with Crippen LogP contribution in [0.3, 0.4) is 0 Å². The molecule has 0 spiro atoms. The van der Waals surface area contributed by atoms with Crippen LogP contribution in [-0.4, -0.2) is 51.4 Å². The number of amides is 2. The lowest BCUT2D eigenvalue weighted by molar-refractivity contribution is -0.140. The number of hydrogen-bond donors (Lipinski definition) is 1. The molecule has 3 aromatic rings. The number of rotatable bonds is 12. The van der Waals surface area contributed by atoms with Gasteiger partial charge in [0.2, 0.25) is 11.8 Å². The molecule has 1 unspecified atom stereocenters. The van der Waals surface area contributed by atoms with Gasteiger partial charge in [-0.25, -0.2) is 12.8 Å². The summed E-state index contributed by atoms with van der Waals surface area (Å²) in [5, 5.41) is 2.57. The Morgan fingerprint density at radius 2 is 1.62 bits per heavy atom. The van der Waals surface area contributed by atoms with Crippen LogP contribution >= 0.6 is 0 Å². The van der Waals surface area contributed by atoms with Crippen LogP contribution in [0, 0.1) is 12.7 Å². The van der Waals surface area contributed by atoms with Crippen molar-refractivity contribution in [2.75, 3.05) is 24.5 Å². The van der Waals surface area contributed by atoms with Crippen LogP contribution in [0.5, 0.6) is 5.75 Å². The first-order valence-corrected chi connectivity index (χ1v) is 14.1. The molecule has 0 heterocycles. The van der Waals surface area contributed by atoms with Crippen molar-refractivity contribution >= 4 is 27.5 Å². The van der Waals surface area contributed by atoms with Crippen molar-refractivity contribution < 1.29 is 27.1 Å². The Bertz CT molecular complexity index is 1380. The van der Waals surface area contributed by atoms with E-state index in [1.54, 1.807) is 50.2 Å². The van der Waals surface area contributed by atoms with Crippen molar-refractivity contribution in [2.24, 2.45) is 0 Å². The molecule has 1 N–H and O–H groups in total. The molecule has 3 rings (SSSR count). The van der Waals surface area contributed by atoms with Gasteiger partial charge in [0.25, 0.3) is 10.0 Å². The Kier molecular flexibility index (Phi) is 10.1. The third-order valence-electron chi connectivity index (χ3n) is 6.22. The molecule has 0 aromatic heterocycles. The van der Waals surface area contributed by atoms with Gasteiger partial charge in [0.05, 0.1) is 17.2 Å². The van der Waals surface area contributed by atoms with Gasteiger partial charge in [-0.05, 0) is 62.2 Å². The summed E-state index contributed by atoms with van der Waals surface area (Å²) >= 11 is 0. The van der Waals surface area contributed by atoms with E-state index < -0.39 is 40.2 Å². The predicted molar refractivity (Wildman–Crippen MR) is 148 cm³/mol. The fraction of sp³-hybridized carbons (Fsp3) is 0.310. The van der Waals surface area contributed by atoms with E-state index in [2.05, 4.69) is 5.32 Å². The second-order valence-corrected chi connectivity index (χ2v) is 10.8. The zero-order valence-corrected chi connectivity index (χ0v) is 23.4. The quantitative estimate of drug-likeness (QED) is 0.360. The predicted octanol–water partition coefficient (Wildman–Crippen LogP) is 4.28. The number of aryl methyl sites for hydroxylation is 1. The summed E-state index contributed by atoms with van der Waals surface area (Å²) in [5.41, 5.74) is 1.67. The van der Waals surface area contributed by atoms with E-state index in [1.165, 1.54) is 48.3 Å². The molecule has 10 heteroatoms. The molecule has 39 heavy (non-hydrogen) atoms. The maximum atomic E-state index is 14.0. The van der Waals surface area contributed by atoms with Crippen molar-refractivity contribution in [3.63, 3.8) is 0 Å². The Morgan fingerprint density at radius 1 is 0.974 bits per heavy atom. The van der Waals surface area contributed by atoms with E-state index in [4.69, 9.17) is 4.74 Å². The van der Waals surface area contributed by atoms with E-state index in [9.17, 15) is 22.4 Å². The summed E-state index contributed by atoms with van der Waals surface area (Å²) in [4.78, 5) is 28.0. The van der Waals surface area contributed by atoms with Gasteiger partial charge in [0.1, 0.15) is 24.2 Å². The first-order chi connectivity index (χ1) is 18.6. The van der Waals surface area contributed by atoms with Crippen LogP contribution in [0.2, 0.25) is 0 Å². The third-order valence-corrected chi connectivity index (χ3v) is 7.99. The van der Waals surface area contributed by atoms with Gasteiger partial charge in [0, 0.05) is 13.6 Å². The highest BCUT2D eigenvalue weighted by Gasteiger charge is 2.34. The van der Waals surface area contributed by atoms with Crippen molar-refractivity contribution in [3.05, 3.63) is 89.7 Å². The first-order valence-electron chi connectivity index (χ1n) is 12.7. The lowest BCUT2D eigenvalue weighted by Crippen LogP contribution is -2.51. The van der Waals surface area contributed by atoms with E-state index in [0.717, 1.165) is 9.87 Å². The summed E-state index contributed by atoms with van der Waals surface area (Å²) in [6.07, 6.45) is 0.285. The molecule has 1 atom stereocenters. The van der Waals surface area contributed by atoms with Crippen LogP contribution < -0.4 is 14.4 Å². The summed E-state index contributed by atoms with van der Waals surface area (Å²) in [5.74, 6) is -1.13. The maximum Gasteiger partial charge on any atom is 0.264 e. The van der Waals surface area contributed by atoms with Crippen LogP contribution in [0.4, 0.5) is 10.1 Å². The summed E-state index contributed by atoms with van der Waals surface area (Å²) in [7, 11) is -2.75. The van der Waals surface area contributed by atoms with Gasteiger partial charge in [-0.15, -0.1) is 0 Å². The Labute approximate surface area is 229 Å². The molecule has 0 saturated heterocycles. The number of carbonyl (C=O) groups excluding carboxylic acids is 2. The van der Waals surface area contributed by atoms with Gasteiger partial charge in [0.15, 0.2) is 0 Å². The molecule has 0 radical (unpaired) electrons. The number of ether oxygens (including phenoxy) is 1. The minimum Gasteiger partial charge on any atom is -0.492 e. The molecular weight excluding hydrogens is 521 g/mol. The number of nitrogens with zero attached hydrogens (tertiary/aromatic N) is 2. The van der Waals surface area contributed by atoms with E-state index in [-0.39, 0.29) is 30.2 Å². The molecule has 0 fully saturated rings. The van der Waals surface area contributed by atoms with Gasteiger partial charge in [-0.2, -0.15) is 0 Å². The van der Waals surface area contributed by atoms with Crippen molar-refractivity contribution in [1.82, 2.24) is 10.2 Å². The molecule has 0 aliphatic heterocycles. The molecule has 0 saturated carbocycles. The molecule has 0 aliphatic rings. The largest absolute Gasteiger partial charge is 0.492 e. The molecule has 0 bridgehead atoms. The first kappa shape index (κ1) is 29.6. The summed E-state index contributed by atoms with van der Waals surface area (Å²) in [6.45, 7) is 5.07. The van der Waals surface area contributed by atoms with E-state index in [0.29, 0.717) is 11.3 Å². The fourth-order valence-corrected chi connectivity index (χ4v) is 5.59. The average molecular weight is 556 g/mol. The second kappa shape index (κ2) is 13.2. The summed E-state index contributed by atoms with van der Waals surface area (Å²) < 4.78 is 48.2. The number of nitrogens with one attached hydrogen (secondary N) is 1. The van der Waals surface area contributed by atoms with E-state index >= 15 is 0 Å². The van der Waals surface area contributed by atoms with Crippen molar-refractivity contribution in [1.29, 1.82) is 0 Å². The lowest BCUT2D eigenvalue weighted by Gasteiger charge is -2.33. The highest BCUT2D eigenvalue weighted by molar-refractivity contribution is 7.92. The number of benzene rings is 3. The fourth-order valence-electron chi connectivity index (χ4n) is 4.16. The van der Waals surface area contributed by atoms with Gasteiger partial charge in [-0.1, -0.05) is 48.9 Å². The van der Waals surface area contributed by atoms with Gasteiger partial charge in [-0.3, -0.25) is 13.9 Å². The molecule has 0 aliphatic carbocycles. The van der Waals surface area contributed by atoms with Gasteiger partial charge >= 0.3 is 0 Å². The Hall–Kier alpha value is -3.92. The lowest BCUT2D eigenvalue weighted by atomic mass is 10.1. The minimum absolute atomic E-state index is 0.00984. The topological polar surface area (TPSA) is 96.0 Å². The number of para-hydroxylation sites is 2. The highest BCUT2D eigenvalue weighted by Crippen LogP contribution is 2.33. The standard InChI is InChI=1S/C29H34FN3O5S/c1-5-25(29(35)31-4)32(19-22-13-15-23(30)16-14-22)28(34)20-33(26-9-7-8-10-27(26)38-6-2)39(36,37)24-17-11-21(3)12-18-24/h7-18,25H,5-6,19-20H2,1-4H3,(H,31,35). The van der Waals surface area contributed by atoms with Crippen molar-refractivity contribution in [3.8, 4) is 5.75 Å². The number of likely N-dealkylation sites (N-methyl/N-ethyl adjacent to an activating group) is 1. The van der Waals surface area contributed by atoms with Crippen molar-refractivity contribution in [2.45, 2.75) is 44.7 Å². The number of hydrogen-bond acceptors (Lipinski definition) is 5. The number of halogens is 1. The molecule has 8 nitrogen and oxygen atoms in total. The minimum atomic E-state index is -4.22. The summed E-state index contributed by atoms with van der Waals surface area (Å²) in [6, 6.07) is 17.6.